The van der Waals surface area contributed by atoms with Crippen molar-refractivity contribution >= 4 is 17.4 Å². The number of hydrogen-bond donors (Lipinski definition) is 0. The Morgan fingerprint density at radius 2 is 2.00 bits per heavy atom. The van der Waals surface area contributed by atoms with Crippen LogP contribution in [0.4, 0.5) is 8.78 Å². The molecular weight excluding hydrogens is 260 g/mol. The van der Waals surface area contributed by atoms with E-state index in [1.54, 1.807) is 12.1 Å². The Morgan fingerprint density at radius 1 is 1.22 bits per heavy atom. The molecule has 2 rings (SSSR count). The highest BCUT2D eigenvalue weighted by Crippen LogP contribution is 2.28. The van der Waals surface area contributed by atoms with Crippen molar-refractivity contribution in [1.82, 2.24) is 4.98 Å². The number of carbonyl (C=O) groups excluding carboxylic acids is 1. The summed E-state index contributed by atoms with van der Waals surface area (Å²) in [6.45, 7) is 0. The molecule has 0 unspecified atom stereocenters. The molecule has 0 spiro atoms. The number of pyridine rings is 1. The van der Waals surface area contributed by atoms with Crippen LogP contribution in [0.25, 0.3) is 0 Å². The van der Waals surface area contributed by atoms with E-state index < -0.39 is 12.2 Å². The normalized spacial score (nSPS) is 10.7. The second-order valence-corrected chi connectivity index (χ2v) is 3.99. The number of ketones is 1. The van der Waals surface area contributed by atoms with Gasteiger partial charge in [-0.05, 0) is 30.3 Å². The van der Waals surface area contributed by atoms with Gasteiger partial charge in [-0.1, -0.05) is 17.7 Å². The number of hydrogen-bond acceptors (Lipinski definition) is 2. The van der Waals surface area contributed by atoms with Gasteiger partial charge >= 0.3 is 0 Å². The third-order valence-electron chi connectivity index (χ3n) is 2.39. The first-order valence-electron chi connectivity index (χ1n) is 5.13. The molecule has 1 aromatic heterocycles. The SMILES string of the molecule is O=C(c1ccc(Cl)c(C(F)F)c1)c1ccccn1. The average Bonchev–Trinajstić information content (AvgIpc) is 2.39. The highest BCUT2D eigenvalue weighted by atomic mass is 35.5. The second kappa shape index (κ2) is 5.23. The lowest BCUT2D eigenvalue weighted by Gasteiger charge is -2.06. The van der Waals surface area contributed by atoms with Crippen molar-refractivity contribution in [2.75, 3.05) is 0 Å². The number of carbonyl (C=O) groups is 1. The molecule has 0 radical (unpaired) electrons. The first-order chi connectivity index (χ1) is 8.59. The number of benzene rings is 1. The summed E-state index contributed by atoms with van der Waals surface area (Å²) in [5.41, 5.74) is 0.00638. The van der Waals surface area contributed by atoms with Crippen LogP contribution in [0.1, 0.15) is 28.0 Å². The zero-order valence-corrected chi connectivity index (χ0v) is 9.86. The van der Waals surface area contributed by atoms with Gasteiger partial charge in [0.1, 0.15) is 5.69 Å². The topological polar surface area (TPSA) is 30.0 Å². The molecule has 0 aliphatic heterocycles. The van der Waals surface area contributed by atoms with Crippen LogP contribution in [0.5, 0.6) is 0 Å². The quantitative estimate of drug-likeness (QED) is 0.790. The zero-order chi connectivity index (χ0) is 13.1. The first-order valence-corrected chi connectivity index (χ1v) is 5.50. The van der Waals surface area contributed by atoms with Gasteiger partial charge in [0.05, 0.1) is 0 Å². The molecule has 2 aromatic rings. The average molecular weight is 268 g/mol. The van der Waals surface area contributed by atoms with Crippen LogP contribution in [0, 0.1) is 0 Å². The number of aromatic nitrogens is 1. The molecule has 5 heteroatoms. The molecule has 0 saturated heterocycles. The molecule has 0 saturated carbocycles. The largest absolute Gasteiger partial charge is 0.287 e. The maximum Gasteiger partial charge on any atom is 0.265 e. The van der Waals surface area contributed by atoms with Gasteiger partial charge in [-0.25, -0.2) is 8.78 Å². The summed E-state index contributed by atoms with van der Waals surface area (Å²) in [4.78, 5) is 15.9. The summed E-state index contributed by atoms with van der Waals surface area (Å²) in [6, 6.07) is 8.65. The lowest BCUT2D eigenvalue weighted by atomic mass is 10.0. The van der Waals surface area contributed by atoms with E-state index in [0.29, 0.717) is 0 Å². The fourth-order valence-electron chi connectivity index (χ4n) is 1.50. The summed E-state index contributed by atoms with van der Waals surface area (Å²) in [7, 11) is 0. The number of halogens is 3. The predicted molar refractivity (Wildman–Crippen MR) is 64.1 cm³/mol. The van der Waals surface area contributed by atoms with E-state index in [2.05, 4.69) is 4.98 Å². The van der Waals surface area contributed by atoms with Crippen molar-refractivity contribution in [3.05, 3.63) is 64.4 Å². The van der Waals surface area contributed by atoms with E-state index in [0.717, 1.165) is 6.07 Å². The molecule has 0 bridgehead atoms. The van der Waals surface area contributed by atoms with Crippen molar-refractivity contribution in [3.63, 3.8) is 0 Å². The standard InChI is InChI=1S/C13H8ClF2NO/c14-10-5-4-8(7-9(10)13(15)16)12(18)11-3-1-2-6-17-11/h1-7,13H. The number of nitrogens with zero attached hydrogens (tertiary/aromatic N) is 1. The monoisotopic (exact) mass is 267 g/mol. The van der Waals surface area contributed by atoms with E-state index in [4.69, 9.17) is 11.6 Å². The highest BCUT2D eigenvalue weighted by Gasteiger charge is 2.16. The van der Waals surface area contributed by atoms with Gasteiger partial charge in [-0.3, -0.25) is 9.78 Å². The van der Waals surface area contributed by atoms with Gasteiger partial charge in [0.25, 0.3) is 6.43 Å². The lowest BCUT2D eigenvalue weighted by molar-refractivity contribution is 0.103. The van der Waals surface area contributed by atoms with Crippen LogP contribution < -0.4 is 0 Å². The van der Waals surface area contributed by atoms with E-state index in [1.165, 1.54) is 24.4 Å². The van der Waals surface area contributed by atoms with Gasteiger partial charge in [0, 0.05) is 22.3 Å². The smallest absolute Gasteiger partial charge is 0.265 e. The molecule has 0 aliphatic carbocycles. The van der Waals surface area contributed by atoms with E-state index in [-0.39, 0.29) is 21.8 Å². The lowest BCUT2D eigenvalue weighted by Crippen LogP contribution is -2.04. The van der Waals surface area contributed by atoms with Crippen LogP contribution in [0.2, 0.25) is 5.02 Å². The molecule has 0 fully saturated rings. The van der Waals surface area contributed by atoms with Gasteiger partial charge in [0.15, 0.2) is 0 Å². The molecule has 0 aliphatic rings. The Kier molecular flexibility index (Phi) is 3.67. The fourth-order valence-corrected chi connectivity index (χ4v) is 1.70. The Bertz CT molecular complexity index is 572. The van der Waals surface area contributed by atoms with Gasteiger partial charge in [-0.15, -0.1) is 0 Å². The third-order valence-corrected chi connectivity index (χ3v) is 2.74. The molecule has 0 atom stereocenters. The van der Waals surface area contributed by atoms with Crippen LogP contribution in [0.15, 0.2) is 42.6 Å². The Morgan fingerprint density at radius 3 is 2.61 bits per heavy atom. The highest BCUT2D eigenvalue weighted by molar-refractivity contribution is 6.31. The molecule has 18 heavy (non-hydrogen) atoms. The molecule has 2 nitrogen and oxygen atoms in total. The van der Waals surface area contributed by atoms with Gasteiger partial charge in [0.2, 0.25) is 5.78 Å². The molecular formula is C13H8ClF2NO. The minimum Gasteiger partial charge on any atom is -0.287 e. The van der Waals surface area contributed by atoms with Crippen LogP contribution in [-0.2, 0) is 0 Å². The fraction of sp³-hybridized carbons (Fsp3) is 0.0769. The summed E-state index contributed by atoms with van der Waals surface area (Å²) >= 11 is 5.63. The van der Waals surface area contributed by atoms with Gasteiger partial charge in [-0.2, -0.15) is 0 Å². The zero-order valence-electron chi connectivity index (χ0n) is 9.11. The van der Waals surface area contributed by atoms with Crippen molar-refractivity contribution in [2.45, 2.75) is 6.43 Å². The third kappa shape index (κ3) is 2.54. The minimum atomic E-state index is -2.71. The van der Waals surface area contributed by atoms with Crippen molar-refractivity contribution in [2.24, 2.45) is 0 Å². The first kappa shape index (κ1) is 12.6. The van der Waals surface area contributed by atoms with Crippen LogP contribution in [0.3, 0.4) is 0 Å². The van der Waals surface area contributed by atoms with Gasteiger partial charge < -0.3 is 0 Å². The van der Waals surface area contributed by atoms with Crippen molar-refractivity contribution < 1.29 is 13.6 Å². The van der Waals surface area contributed by atoms with Crippen molar-refractivity contribution in [1.29, 1.82) is 0 Å². The Hall–Kier alpha value is -1.81. The molecule has 1 heterocycles. The maximum absolute atomic E-state index is 12.7. The number of rotatable bonds is 3. The van der Waals surface area contributed by atoms with Crippen molar-refractivity contribution in [3.8, 4) is 0 Å². The predicted octanol–water partition coefficient (Wildman–Crippen LogP) is 3.90. The Balaban J connectivity index is 2.41. The summed E-state index contributed by atoms with van der Waals surface area (Å²) in [5, 5.41) is -0.0532. The number of alkyl halides is 2. The molecule has 0 N–H and O–H groups in total. The second-order valence-electron chi connectivity index (χ2n) is 3.58. The van der Waals surface area contributed by atoms with E-state index in [9.17, 15) is 13.6 Å². The van der Waals surface area contributed by atoms with E-state index in [1.807, 2.05) is 0 Å². The van der Waals surface area contributed by atoms with Crippen LogP contribution in [-0.4, -0.2) is 10.8 Å². The summed E-state index contributed by atoms with van der Waals surface area (Å²) < 4.78 is 25.3. The summed E-state index contributed by atoms with van der Waals surface area (Å²) in [5.74, 6) is -0.408. The molecule has 1 aromatic carbocycles. The Labute approximate surface area is 107 Å². The van der Waals surface area contributed by atoms with E-state index >= 15 is 0 Å². The summed E-state index contributed by atoms with van der Waals surface area (Å²) in [6.07, 6.45) is -1.24. The molecule has 92 valence electrons. The molecule has 0 amide bonds. The van der Waals surface area contributed by atoms with Crippen LogP contribution >= 0.6 is 11.6 Å². The maximum atomic E-state index is 12.7. The minimum absolute atomic E-state index is 0.0532.